The lowest BCUT2D eigenvalue weighted by atomic mass is 9.99. The highest BCUT2D eigenvalue weighted by atomic mass is 32.2. The number of aliphatic hydroxyl groups is 1. The Kier molecular flexibility index (Phi) is 3.98. The quantitative estimate of drug-likeness (QED) is 0.701. The molecule has 6 nitrogen and oxygen atoms in total. The van der Waals surface area contributed by atoms with Gasteiger partial charge in [-0.3, -0.25) is 0 Å². The molecular weight excluding hydrogens is 244 g/mol. The van der Waals surface area contributed by atoms with Crippen molar-refractivity contribution in [1.29, 1.82) is 0 Å². The Bertz CT molecular complexity index is 476. The van der Waals surface area contributed by atoms with Gasteiger partial charge in [0.2, 0.25) is 5.09 Å². The number of sulfonamides is 1. The maximum atomic E-state index is 11.0. The minimum absolute atomic E-state index is 0.260. The summed E-state index contributed by atoms with van der Waals surface area (Å²) in [5, 5.41) is 17.2. The van der Waals surface area contributed by atoms with Crippen LogP contribution in [0, 0.1) is 0 Å². The van der Waals surface area contributed by atoms with Crippen LogP contribution in [0.1, 0.15) is 26.5 Å². The lowest BCUT2D eigenvalue weighted by Crippen LogP contribution is -2.47. The molecule has 0 amide bonds. The number of hydrogen-bond donors (Lipinski definition) is 3. The van der Waals surface area contributed by atoms with Crippen LogP contribution in [0.2, 0.25) is 0 Å². The molecule has 98 valence electrons. The molecule has 7 heteroatoms. The van der Waals surface area contributed by atoms with Gasteiger partial charge < -0.3 is 14.8 Å². The maximum absolute atomic E-state index is 11.0. The topological polar surface area (TPSA) is 106 Å². The summed E-state index contributed by atoms with van der Waals surface area (Å²) in [6.45, 7) is 5.65. The number of primary sulfonamides is 1. The molecule has 4 N–H and O–H groups in total. The number of rotatable bonds is 5. The van der Waals surface area contributed by atoms with Gasteiger partial charge in [-0.1, -0.05) is 0 Å². The molecule has 1 aromatic heterocycles. The summed E-state index contributed by atoms with van der Waals surface area (Å²) >= 11 is 0. The molecule has 0 saturated carbocycles. The summed E-state index contributed by atoms with van der Waals surface area (Å²) in [5.74, 6) is 0.447. The van der Waals surface area contributed by atoms with E-state index in [1.807, 2.05) is 13.8 Å². The second-order valence-electron chi connectivity index (χ2n) is 4.52. The average Bonchev–Trinajstić information content (AvgIpc) is 2.62. The van der Waals surface area contributed by atoms with Crippen molar-refractivity contribution in [3.63, 3.8) is 0 Å². The minimum atomic E-state index is -3.80. The van der Waals surface area contributed by atoms with E-state index in [0.717, 1.165) is 0 Å². The first-order valence-electron chi connectivity index (χ1n) is 5.17. The maximum Gasteiger partial charge on any atom is 0.271 e. The fourth-order valence-electron chi connectivity index (χ4n) is 1.07. The Hall–Kier alpha value is -0.890. The van der Waals surface area contributed by atoms with Gasteiger partial charge in [0.1, 0.15) is 5.76 Å². The Morgan fingerprint density at radius 2 is 2.12 bits per heavy atom. The zero-order chi connectivity index (χ0) is 13.3. The molecular formula is C10H18N2O4S. The fraction of sp³-hybridized carbons (Fsp3) is 0.600. The van der Waals surface area contributed by atoms with Crippen molar-refractivity contribution in [2.75, 3.05) is 0 Å². The average molecular weight is 262 g/mol. The number of furan rings is 1. The molecule has 0 aliphatic rings. The predicted molar refractivity (Wildman–Crippen MR) is 62.7 cm³/mol. The molecule has 0 spiro atoms. The Labute approximate surface area is 101 Å². The van der Waals surface area contributed by atoms with Crippen LogP contribution in [0.5, 0.6) is 0 Å². The lowest BCUT2D eigenvalue weighted by molar-refractivity contribution is 0.0939. The molecule has 1 aromatic rings. The van der Waals surface area contributed by atoms with Gasteiger partial charge in [-0.25, -0.2) is 13.6 Å². The van der Waals surface area contributed by atoms with E-state index >= 15 is 0 Å². The van der Waals surface area contributed by atoms with Crippen molar-refractivity contribution in [2.24, 2.45) is 5.14 Å². The summed E-state index contributed by atoms with van der Waals surface area (Å²) < 4.78 is 27.0. The second-order valence-corrected chi connectivity index (χ2v) is 6.01. The van der Waals surface area contributed by atoms with Crippen LogP contribution in [0.3, 0.4) is 0 Å². The van der Waals surface area contributed by atoms with Gasteiger partial charge in [-0.2, -0.15) is 0 Å². The summed E-state index contributed by atoms with van der Waals surface area (Å²) in [6.07, 6.45) is -0.546. The van der Waals surface area contributed by atoms with Crippen LogP contribution in [-0.2, 0) is 16.6 Å². The third kappa shape index (κ3) is 3.81. The van der Waals surface area contributed by atoms with Gasteiger partial charge in [0.25, 0.3) is 10.0 Å². The highest BCUT2D eigenvalue weighted by Crippen LogP contribution is 2.14. The summed E-state index contributed by atoms with van der Waals surface area (Å²) in [6, 6.07) is 2.84. The van der Waals surface area contributed by atoms with Crippen molar-refractivity contribution in [3.05, 3.63) is 17.9 Å². The molecule has 0 bridgehead atoms. The standard InChI is InChI=1S/C10H18N2O4S/c1-7(13)10(2,3)12-6-8-4-5-9(16-8)17(11,14)15/h4-5,7,12-13H,6H2,1-3H3,(H2,11,14,15). The van der Waals surface area contributed by atoms with Crippen molar-refractivity contribution in [2.45, 2.75) is 44.1 Å². The van der Waals surface area contributed by atoms with Gasteiger partial charge in [-0.05, 0) is 32.9 Å². The van der Waals surface area contributed by atoms with Gasteiger partial charge in [-0.15, -0.1) is 0 Å². The van der Waals surface area contributed by atoms with E-state index in [1.54, 1.807) is 6.92 Å². The third-order valence-electron chi connectivity index (χ3n) is 2.68. The van der Waals surface area contributed by atoms with Crippen LogP contribution in [0.15, 0.2) is 21.6 Å². The summed E-state index contributed by atoms with van der Waals surface area (Å²) in [7, 11) is -3.80. The van der Waals surface area contributed by atoms with Crippen LogP contribution >= 0.6 is 0 Å². The third-order valence-corrected chi connectivity index (χ3v) is 3.46. The van der Waals surface area contributed by atoms with E-state index in [9.17, 15) is 13.5 Å². The van der Waals surface area contributed by atoms with Gasteiger partial charge in [0.15, 0.2) is 0 Å². The molecule has 0 aliphatic heterocycles. The van der Waals surface area contributed by atoms with Crippen molar-refractivity contribution >= 4 is 10.0 Å². The first-order valence-corrected chi connectivity index (χ1v) is 6.72. The van der Waals surface area contributed by atoms with Gasteiger partial charge in [0, 0.05) is 5.54 Å². The normalized spacial score (nSPS) is 14.9. The van der Waals surface area contributed by atoms with E-state index < -0.39 is 21.7 Å². The molecule has 0 aromatic carbocycles. The minimum Gasteiger partial charge on any atom is -0.447 e. The molecule has 0 fully saturated rings. The van der Waals surface area contributed by atoms with Crippen molar-refractivity contribution < 1.29 is 17.9 Å². The molecule has 1 atom stereocenters. The first-order chi connectivity index (χ1) is 7.63. The monoisotopic (exact) mass is 262 g/mol. The largest absolute Gasteiger partial charge is 0.447 e. The zero-order valence-electron chi connectivity index (χ0n) is 10.1. The van der Waals surface area contributed by atoms with Crippen LogP contribution in [0.4, 0.5) is 0 Å². The van der Waals surface area contributed by atoms with Crippen molar-refractivity contribution in [1.82, 2.24) is 5.32 Å². The number of aliphatic hydroxyl groups excluding tert-OH is 1. The molecule has 0 saturated heterocycles. The number of nitrogens with one attached hydrogen (secondary N) is 1. The fourth-order valence-corrected chi connectivity index (χ4v) is 1.55. The van der Waals surface area contributed by atoms with Gasteiger partial charge >= 0.3 is 0 Å². The van der Waals surface area contributed by atoms with E-state index in [1.165, 1.54) is 12.1 Å². The Morgan fingerprint density at radius 3 is 2.53 bits per heavy atom. The summed E-state index contributed by atoms with van der Waals surface area (Å²) in [5.41, 5.74) is -0.492. The highest BCUT2D eigenvalue weighted by Gasteiger charge is 2.23. The van der Waals surface area contributed by atoms with Crippen LogP contribution in [-0.4, -0.2) is 25.2 Å². The van der Waals surface area contributed by atoms with Crippen LogP contribution < -0.4 is 10.5 Å². The first kappa shape index (κ1) is 14.2. The Balaban J connectivity index is 2.69. The summed E-state index contributed by atoms with van der Waals surface area (Å²) in [4.78, 5) is 0. The molecule has 0 aliphatic carbocycles. The van der Waals surface area contributed by atoms with E-state index in [0.29, 0.717) is 12.3 Å². The number of nitrogens with two attached hydrogens (primary N) is 1. The van der Waals surface area contributed by atoms with Crippen LogP contribution in [0.25, 0.3) is 0 Å². The number of hydrogen-bond acceptors (Lipinski definition) is 5. The Morgan fingerprint density at radius 1 is 1.53 bits per heavy atom. The second kappa shape index (κ2) is 4.77. The zero-order valence-corrected chi connectivity index (χ0v) is 10.9. The lowest BCUT2D eigenvalue weighted by Gasteiger charge is -2.29. The smallest absolute Gasteiger partial charge is 0.271 e. The predicted octanol–water partition coefficient (Wildman–Crippen LogP) is 0.176. The SMILES string of the molecule is CC(O)C(C)(C)NCc1ccc(S(N)(=O)=O)o1. The molecule has 17 heavy (non-hydrogen) atoms. The highest BCUT2D eigenvalue weighted by molar-refractivity contribution is 7.89. The molecule has 1 rings (SSSR count). The van der Waals surface area contributed by atoms with Crippen molar-refractivity contribution in [3.8, 4) is 0 Å². The molecule has 1 unspecified atom stereocenters. The van der Waals surface area contributed by atoms with E-state index in [-0.39, 0.29) is 5.09 Å². The van der Waals surface area contributed by atoms with Gasteiger partial charge in [0.05, 0.1) is 12.6 Å². The van der Waals surface area contributed by atoms with E-state index in [2.05, 4.69) is 5.32 Å². The molecule has 0 radical (unpaired) electrons. The molecule has 1 heterocycles. The van der Waals surface area contributed by atoms with E-state index in [4.69, 9.17) is 9.56 Å².